The number of fused-ring (bicyclic) bond motifs is 1. The van der Waals surface area contributed by atoms with Gasteiger partial charge in [0.25, 0.3) is 0 Å². The first kappa shape index (κ1) is 11.8. The summed E-state index contributed by atoms with van der Waals surface area (Å²) >= 11 is 0. The highest BCUT2D eigenvalue weighted by Crippen LogP contribution is 2.36. The highest BCUT2D eigenvalue weighted by molar-refractivity contribution is 5.74. The molecule has 1 aliphatic heterocycles. The van der Waals surface area contributed by atoms with Gasteiger partial charge < -0.3 is 10.0 Å². The van der Waals surface area contributed by atoms with Gasteiger partial charge in [-0.15, -0.1) is 0 Å². The maximum absolute atomic E-state index is 9.29. The van der Waals surface area contributed by atoms with Crippen LogP contribution >= 0.6 is 0 Å². The van der Waals surface area contributed by atoms with E-state index in [-0.39, 0.29) is 6.61 Å². The summed E-state index contributed by atoms with van der Waals surface area (Å²) in [5.41, 5.74) is 4.80. The number of nitriles is 1. The Bertz CT molecular complexity index is 658. The van der Waals surface area contributed by atoms with E-state index in [1.54, 1.807) is 6.07 Å². The normalized spacial score (nSPS) is 13.2. The lowest BCUT2D eigenvalue weighted by atomic mass is 10.1. The predicted molar refractivity (Wildman–Crippen MR) is 74.2 cm³/mol. The summed E-state index contributed by atoms with van der Waals surface area (Å²) in [5, 5.41) is 18.4. The molecule has 3 nitrogen and oxygen atoms in total. The largest absolute Gasteiger partial charge is 0.392 e. The van der Waals surface area contributed by atoms with Gasteiger partial charge in [0.15, 0.2) is 0 Å². The summed E-state index contributed by atoms with van der Waals surface area (Å²) in [7, 11) is 0. The van der Waals surface area contributed by atoms with E-state index < -0.39 is 0 Å². The highest BCUT2D eigenvalue weighted by Gasteiger charge is 2.21. The van der Waals surface area contributed by atoms with Gasteiger partial charge in [-0.1, -0.05) is 24.3 Å². The van der Waals surface area contributed by atoms with Crippen molar-refractivity contribution in [1.82, 2.24) is 0 Å². The number of aliphatic hydroxyl groups excluding tert-OH is 1. The predicted octanol–water partition coefficient (Wildman–Crippen LogP) is 2.74. The maximum atomic E-state index is 9.29. The molecular weight excluding hydrogens is 236 g/mol. The highest BCUT2D eigenvalue weighted by atomic mass is 16.3. The molecule has 1 N–H and O–H groups in total. The van der Waals surface area contributed by atoms with E-state index in [9.17, 15) is 5.26 Å². The van der Waals surface area contributed by atoms with Gasteiger partial charge in [-0.05, 0) is 35.7 Å². The van der Waals surface area contributed by atoms with Crippen molar-refractivity contribution in [3.8, 4) is 6.07 Å². The molecule has 0 radical (unpaired) electrons. The van der Waals surface area contributed by atoms with E-state index >= 15 is 0 Å². The molecule has 3 heteroatoms. The minimum atomic E-state index is -0.0362. The Morgan fingerprint density at radius 1 is 1.16 bits per heavy atom. The van der Waals surface area contributed by atoms with Crippen molar-refractivity contribution in [2.75, 3.05) is 11.4 Å². The Morgan fingerprint density at radius 2 is 2.00 bits per heavy atom. The molecule has 3 rings (SSSR count). The second-order valence-corrected chi connectivity index (χ2v) is 4.65. The van der Waals surface area contributed by atoms with Crippen molar-refractivity contribution in [2.24, 2.45) is 0 Å². The first-order valence-electron chi connectivity index (χ1n) is 6.33. The molecule has 1 aliphatic rings. The molecule has 0 spiro atoms. The molecule has 2 aromatic carbocycles. The third kappa shape index (κ3) is 1.96. The smallest absolute Gasteiger partial charge is 0.101 e. The maximum Gasteiger partial charge on any atom is 0.101 e. The number of hydrogen-bond acceptors (Lipinski definition) is 3. The van der Waals surface area contributed by atoms with Crippen LogP contribution < -0.4 is 4.90 Å². The third-order valence-corrected chi connectivity index (χ3v) is 3.54. The zero-order valence-corrected chi connectivity index (χ0v) is 10.5. The van der Waals surface area contributed by atoms with Crippen molar-refractivity contribution in [1.29, 1.82) is 5.26 Å². The Kier molecular flexibility index (Phi) is 2.94. The quantitative estimate of drug-likeness (QED) is 0.891. The van der Waals surface area contributed by atoms with Crippen LogP contribution in [0.3, 0.4) is 0 Å². The molecule has 0 aromatic heterocycles. The van der Waals surface area contributed by atoms with Crippen LogP contribution in [0.1, 0.15) is 16.7 Å². The molecule has 0 bridgehead atoms. The van der Waals surface area contributed by atoms with E-state index in [1.807, 2.05) is 24.3 Å². The van der Waals surface area contributed by atoms with Gasteiger partial charge in [-0.3, -0.25) is 0 Å². The third-order valence-electron chi connectivity index (χ3n) is 3.54. The zero-order valence-electron chi connectivity index (χ0n) is 10.5. The van der Waals surface area contributed by atoms with E-state index in [0.717, 1.165) is 24.2 Å². The van der Waals surface area contributed by atoms with Gasteiger partial charge in [0.2, 0.25) is 0 Å². The first-order chi connectivity index (χ1) is 9.33. The Morgan fingerprint density at radius 3 is 2.79 bits per heavy atom. The van der Waals surface area contributed by atoms with Crippen molar-refractivity contribution < 1.29 is 5.11 Å². The van der Waals surface area contributed by atoms with Crippen molar-refractivity contribution in [3.63, 3.8) is 0 Å². The zero-order chi connectivity index (χ0) is 13.2. The second-order valence-electron chi connectivity index (χ2n) is 4.65. The molecule has 0 aliphatic carbocycles. The number of para-hydroxylation sites is 1. The van der Waals surface area contributed by atoms with Crippen molar-refractivity contribution in [2.45, 2.75) is 13.0 Å². The van der Waals surface area contributed by atoms with Gasteiger partial charge in [-0.25, -0.2) is 0 Å². The first-order valence-corrected chi connectivity index (χ1v) is 6.33. The molecule has 0 saturated carbocycles. The SMILES string of the molecule is N#Cc1cc(CO)ccc1N1CCc2ccccc21. The summed E-state index contributed by atoms with van der Waals surface area (Å²) in [6.07, 6.45) is 1.00. The minimum Gasteiger partial charge on any atom is -0.392 e. The van der Waals surface area contributed by atoms with Crippen LogP contribution in [0, 0.1) is 11.3 Å². The average molecular weight is 250 g/mol. The van der Waals surface area contributed by atoms with Gasteiger partial charge in [0.05, 0.1) is 17.9 Å². The van der Waals surface area contributed by atoms with Crippen LogP contribution in [0.25, 0.3) is 0 Å². The van der Waals surface area contributed by atoms with Crippen LogP contribution in [-0.2, 0) is 13.0 Å². The Labute approximate surface area is 112 Å². The monoisotopic (exact) mass is 250 g/mol. The lowest BCUT2D eigenvalue weighted by Crippen LogP contribution is -2.14. The van der Waals surface area contributed by atoms with Crippen LogP contribution in [0.2, 0.25) is 0 Å². The van der Waals surface area contributed by atoms with Crippen molar-refractivity contribution in [3.05, 3.63) is 59.2 Å². The number of rotatable bonds is 2. The van der Waals surface area contributed by atoms with E-state index in [0.29, 0.717) is 5.56 Å². The summed E-state index contributed by atoms with van der Waals surface area (Å²) < 4.78 is 0. The number of anilines is 2. The molecule has 0 unspecified atom stereocenters. The molecule has 0 saturated heterocycles. The van der Waals surface area contributed by atoms with E-state index in [4.69, 9.17) is 5.11 Å². The lowest BCUT2D eigenvalue weighted by Gasteiger charge is -2.21. The average Bonchev–Trinajstić information content (AvgIpc) is 2.90. The number of aliphatic hydroxyl groups is 1. The summed E-state index contributed by atoms with van der Waals surface area (Å²) in [4.78, 5) is 2.18. The fourth-order valence-corrected chi connectivity index (χ4v) is 2.59. The Hall–Kier alpha value is -2.31. The Balaban J connectivity index is 2.07. The van der Waals surface area contributed by atoms with E-state index in [1.165, 1.54) is 11.3 Å². The number of benzene rings is 2. The molecule has 2 aromatic rings. The second kappa shape index (κ2) is 4.75. The number of nitrogens with zero attached hydrogens (tertiary/aromatic N) is 2. The summed E-state index contributed by atoms with van der Waals surface area (Å²) in [5.74, 6) is 0. The van der Waals surface area contributed by atoms with Crippen LogP contribution in [0.4, 0.5) is 11.4 Å². The fourth-order valence-electron chi connectivity index (χ4n) is 2.59. The topological polar surface area (TPSA) is 47.3 Å². The molecule has 0 amide bonds. The van der Waals surface area contributed by atoms with Gasteiger partial charge in [0, 0.05) is 12.2 Å². The summed E-state index contributed by atoms with van der Waals surface area (Å²) in [6.45, 7) is 0.859. The van der Waals surface area contributed by atoms with Crippen LogP contribution in [-0.4, -0.2) is 11.7 Å². The number of hydrogen-bond donors (Lipinski definition) is 1. The standard InChI is InChI=1S/C16H14N2O/c17-10-14-9-12(11-19)5-6-16(14)18-8-7-13-3-1-2-4-15(13)18/h1-6,9,19H,7-8,11H2. The van der Waals surface area contributed by atoms with Gasteiger partial charge in [-0.2, -0.15) is 5.26 Å². The van der Waals surface area contributed by atoms with Gasteiger partial charge in [0.1, 0.15) is 6.07 Å². The molecule has 1 heterocycles. The lowest BCUT2D eigenvalue weighted by molar-refractivity contribution is 0.282. The van der Waals surface area contributed by atoms with Gasteiger partial charge >= 0.3 is 0 Å². The van der Waals surface area contributed by atoms with Crippen LogP contribution in [0.5, 0.6) is 0 Å². The van der Waals surface area contributed by atoms with E-state index in [2.05, 4.69) is 23.1 Å². The van der Waals surface area contributed by atoms with Crippen molar-refractivity contribution >= 4 is 11.4 Å². The molecule has 0 fully saturated rings. The molecule has 94 valence electrons. The summed E-state index contributed by atoms with van der Waals surface area (Å²) in [6, 6.07) is 16.1. The molecule has 0 atom stereocenters. The fraction of sp³-hybridized carbons (Fsp3) is 0.188. The molecule has 19 heavy (non-hydrogen) atoms. The van der Waals surface area contributed by atoms with Crippen LogP contribution in [0.15, 0.2) is 42.5 Å². The minimum absolute atomic E-state index is 0.0362. The molecular formula is C16H14N2O.